The molecule has 0 aliphatic rings. The normalized spacial score (nSPS) is 10.9. The van der Waals surface area contributed by atoms with Crippen molar-refractivity contribution in [2.75, 3.05) is 0 Å². The zero-order chi connectivity index (χ0) is 17.4. The number of pyridine rings is 1. The fraction of sp³-hybridized carbons (Fsp3) is 0.0526. The van der Waals surface area contributed by atoms with Gasteiger partial charge in [0.25, 0.3) is 5.56 Å². The van der Waals surface area contributed by atoms with Gasteiger partial charge in [-0.1, -0.05) is 18.7 Å². The molecule has 0 unspecified atom stereocenters. The first-order chi connectivity index (χ1) is 12.2. The summed E-state index contributed by atoms with van der Waals surface area (Å²) in [5, 5.41) is 4.91. The Bertz CT molecular complexity index is 1160. The van der Waals surface area contributed by atoms with Crippen LogP contribution in [0.2, 0.25) is 0 Å². The van der Waals surface area contributed by atoms with Crippen molar-refractivity contribution in [3.63, 3.8) is 0 Å². The molecule has 25 heavy (non-hydrogen) atoms. The smallest absolute Gasteiger partial charge is 0.265 e. The van der Waals surface area contributed by atoms with Crippen molar-refractivity contribution in [1.29, 1.82) is 0 Å². The van der Waals surface area contributed by atoms with Crippen LogP contribution in [0.5, 0.6) is 0 Å². The van der Waals surface area contributed by atoms with E-state index < -0.39 is 0 Å². The first-order valence-electron chi connectivity index (χ1n) is 7.79. The van der Waals surface area contributed by atoms with Crippen LogP contribution in [0.15, 0.2) is 66.4 Å². The number of rotatable bonds is 3. The molecule has 4 rings (SSSR count). The molecule has 0 N–H and O–H groups in total. The van der Waals surface area contributed by atoms with Gasteiger partial charge in [-0.2, -0.15) is 5.10 Å². The molecule has 0 aliphatic carbocycles. The Kier molecular flexibility index (Phi) is 3.50. The van der Waals surface area contributed by atoms with Crippen LogP contribution in [0, 0.1) is 6.92 Å². The summed E-state index contributed by atoms with van der Waals surface area (Å²) >= 11 is 0. The number of fused-ring (bicyclic) bond motifs is 1. The molecule has 1 aromatic carbocycles. The molecule has 3 aromatic heterocycles. The van der Waals surface area contributed by atoms with Gasteiger partial charge in [-0.25, -0.2) is 14.6 Å². The molecule has 0 radical (unpaired) electrons. The van der Waals surface area contributed by atoms with Crippen molar-refractivity contribution >= 4 is 17.1 Å². The van der Waals surface area contributed by atoms with E-state index in [4.69, 9.17) is 0 Å². The Morgan fingerprint density at radius 3 is 2.84 bits per heavy atom. The highest BCUT2D eigenvalue weighted by atomic mass is 16.1. The number of nitrogens with zero attached hydrogens (tertiary/aromatic N) is 5. The molecule has 0 saturated heterocycles. The third kappa shape index (κ3) is 2.53. The highest BCUT2D eigenvalue weighted by molar-refractivity contribution is 5.83. The first-order valence-corrected chi connectivity index (χ1v) is 7.79. The lowest BCUT2D eigenvalue weighted by Gasteiger charge is -2.08. The number of aryl methyl sites for hydroxylation is 1. The van der Waals surface area contributed by atoms with Gasteiger partial charge in [0.1, 0.15) is 6.33 Å². The molecule has 0 bridgehead atoms. The molecule has 0 aliphatic heterocycles. The number of benzene rings is 1. The average Bonchev–Trinajstić information content (AvgIpc) is 3.12. The van der Waals surface area contributed by atoms with Crippen molar-refractivity contribution in [2.45, 2.75) is 6.92 Å². The minimum Gasteiger partial charge on any atom is -0.274 e. The summed E-state index contributed by atoms with van der Waals surface area (Å²) in [4.78, 5) is 21.3. The van der Waals surface area contributed by atoms with Gasteiger partial charge in [-0.3, -0.25) is 9.36 Å². The zero-order valence-electron chi connectivity index (χ0n) is 13.6. The fourth-order valence-electron chi connectivity index (χ4n) is 2.78. The van der Waals surface area contributed by atoms with Gasteiger partial charge in [0.05, 0.1) is 22.8 Å². The lowest BCUT2D eigenvalue weighted by molar-refractivity contribution is 0.848. The molecular weight excluding hydrogens is 314 g/mol. The predicted octanol–water partition coefficient (Wildman–Crippen LogP) is 3.05. The van der Waals surface area contributed by atoms with E-state index in [1.807, 2.05) is 49.4 Å². The Morgan fingerprint density at radius 1 is 1.16 bits per heavy atom. The molecule has 0 fully saturated rings. The van der Waals surface area contributed by atoms with E-state index in [0.717, 1.165) is 22.8 Å². The summed E-state index contributed by atoms with van der Waals surface area (Å²) in [5.74, 6) is 0.731. The van der Waals surface area contributed by atoms with E-state index in [9.17, 15) is 4.79 Å². The summed E-state index contributed by atoms with van der Waals surface area (Å²) in [6, 6.07) is 13.3. The largest absolute Gasteiger partial charge is 0.274 e. The quantitative estimate of drug-likeness (QED) is 0.579. The minimum absolute atomic E-state index is 0.151. The van der Waals surface area contributed by atoms with Gasteiger partial charge in [0, 0.05) is 17.5 Å². The van der Waals surface area contributed by atoms with Crippen molar-refractivity contribution in [3.05, 3.63) is 77.6 Å². The molecule has 4 aromatic rings. The third-order valence-electron chi connectivity index (χ3n) is 4.01. The van der Waals surface area contributed by atoms with E-state index in [-0.39, 0.29) is 5.56 Å². The third-order valence-corrected chi connectivity index (χ3v) is 4.01. The van der Waals surface area contributed by atoms with E-state index in [0.29, 0.717) is 10.9 Å². The molecule has 3 heterocycles. The Balaban J connectivity index is 1.92. The van der Waals surface area contributed by atoms with E-state index in [1.54, 1.807) is 10.9 Å². The fourth-order valence-corrected chi connectivity index (χ4v) is 2.78. The van der Waals surface area contributed by atoms with Crippen molar-refractivity contribution < 1.29 is 0 Å². The van der Waals surface area contributed by atoms with Gasteiger partial charge in [-0.05, 0) is 37.3 Å². The lowest BCUT2D eigenvalue weighted by atomic mass is 10.1. The van der Waals surface area contributed by atoms with Crippen LogP contribution in [0.4, 0.5) is 0 Å². The van der Waals surface area contributed by atoms with Crippen molar-refractivity contribution in [2.24, 2.45) is 0 Å². The van der Waals surface area contributed by atoms with Gasteiger partial charge in [-0.15, -0.1) is 0 Å². The van der Waals surface area contributed by atoms with Gasteiger partial charge < -0.3 is 0 Å². The van der Waals surface area contributed by atoms with Crippen LogP contribution in [-0.4, -0.2) is 24.3 Å². The second-order valence-electron chi connectivity index (χ2n) is 5.64. The van der Waals surface area contributed by atoms with Crippen LogP contribution in [0.3, 0.4) is 0 Å². The van der Waals surface area contributed by atoms with E-state index in [2.05, 4.69) is 21.6 Å². The molecule has 122 valence electrons. The molecule has 0 amide bonds. The Hall–Kier alpha value is -3.54. The molecule has 6 nitrogen and oxygen atoms in total. The SMILES string of the molecule is C=Cn1cnc2ccc(-c3ccnn3-c3cccc(C)n3)cc2c1=O. The lowest BCUT2D eigenvalue weighted by Crippen LogP contribution is -2.15. The second kappa shape index (κ2) is 5.83. The van der Waals surface area contributed by atoms with Crippen LogP contribution in [0.25, 0.3) is 34.2 Å². The van der Waals surface area contributed by atoms with Gasteiger partial charge in [0.15, 0.2) is 5.82 Å². The Labute approximate surface area is 143 Å². The molecular formula is C19H15N5O. The summed E-state index contributed by atoms with van der Waals surface area (Å²) in [7, 11) is 0. The van der Waals surface area contributed by atoms with Crippen LogP contribution in [-0.2, 0) is 0 Å². The van der Waals surface area contributed by atoms with Gasteiger partial charge in [0.2, 0.25) is 0 Å². The summed E-state index contributed by atoms with van der Waals surface area (Å²) in [6.45, 7) is 5.57. The standard InChI is InChI=1S/C19H15N5O/c1-3-23-12-20-16-8-7-14(11-15(16)19(23)25)17-9-10-21-24(17)18-6-4-5-13(2)22-18/h3-12H,1H2,2H3. The van der Waals surface area contributed by atoms with Crippen molar-refractivity contribution in [3.8, 4) is 17.1 Å². The highest BCUT2D eigenvalue weighted by Gasteiger charge is 2.11. The van der Waals surface area contributed by atoms with E-state index >= 15 is 0 Å². The van der Waals surface area contributed by atoms with Gasteiger partial charge >= 0.3 is 0 Å². The predicted molar refractivity (Wildman–Crippen MR) is 97.5 cm³/mol. The maximum Gasteiger partial charge on any atom is 0.265 e. The molecule has 0 atom stereocenters. The van der Waals surface area contributed by atoms with Crippen LogP contribution < -0.4 is 5.56 Å². The number of aromatic nitrogens is 5. The average molecular weight is 329 g/mol. The van der Waals surface area contributed by atoms with E-state index in [1.165, 1.54) is 17.1 Å². The minimum atomic E-state index is -0.151. The van der Waals surface area contributed by atoms with Crippen LogP contribution >= 0.6 is 0 Å². The summed E-state index contributed by atoms with van der Waals surface area (Å²) in [6.07, 6.45) is 4.63. The zero-order valence-corrected chi connectivity index (χ0v) is 13.6. The van der Waals surface area contributed by atoms with Crippen molar-refractivity contribution in [1.82, 2.24) is 24.3 Å². The highest BCUT2D eigenvalue weighted by Crippen LogP contribution is 2.24. The summed E-state index contributed by atoms with van der Waals surface area (Å²) in [5.41, 5.74) is 3.13. The molecule has 6 heteroatoms. The Morgan fingerprint density at radius 2 is 2.04 bits per heavy atom. The monoisotopic (exact) mass is 329 g/mol. The number of hydrogen-bond acceptors (Lipinski definition) is 4. The first kappa shape index (κ1) is 15.0. The number of hydrogen-bond donors (Lipinski definition) is 0. The van der Waals surface area contributed by atoms with Crippen LogP contribution in [0.1, 0.15) is 5.69 Å². The molecule has 0 spiro atoms. The summed E-state index contributed by atoms with van der Waals surface area (Å²) < 4.78 is 3.13. The maximum absolute atomic E-state index is 12.5. The molecule has 0 saturated carbocycles. The maximum atomic E-state index is 12.5. The second-order valence-corrected chi connectivity index (χ2v) is 5.64. The topological polar surface area (TPSA) is 65.6 Å².